The number of ether oxygens (including phenoxy) is 1. The van der Waals surface area contributed by atoms with Crippen LogP contribution < -0.4 is 15.2 Å². The molecular formula is C33H27ClF4N6O4S. The van der Waals surface area contributed by atoms with Crippen molar-refractivity contribution in [2.45, 2.75) is 19.6 Å². The SMILES string of the molecule is Cc1nc2cc(C(F)(F)F)c(N3CCN(CCF)CC3)c(C#N)c2c(=O)n1CCOc1ccc(Cl)cc1-c1ccnc2c(C(=O)O)csc12. The average Bonchev–Trinajstić information content (AvgIpc) is 3.51. The fourth-order valence-electron chi connectivity index (χ4n) is 6.09. The van der Waals surface area contributed by atoms with E-state index >= 15 is 0 Å². The van der Waals surface area contributed by atoms with Crippen molar-refractivity contribution in [1.82, 2.24) is 19.4 Å². The summed E-state index contributed by atoms with van der Waals surface area (Å²) in [6, 6.07) is 9.29. The number of piperazine rings is 1. The smallest absolute Gasteiger partial charge is 0.418 e. The number of fused-ring (bicyclic) bond motifs is 2. The molecule has 3 aromatic heterocycles. The van der Waals surface area contributed by atoms with Crippen LogP contribution in [0.3, 0.4) is 0 Å². The summed E-state index contributed by atoms with van der Waals surface area (Å²) in [5, 5.41) is 21.4. The minimum Gasteiger partial charge on any atom is -0.491 e. The Bertz CT molecular complexity index is 2190. The molecule has 254 valence electrons. The molecule has 0 atom stereocenters. The third-order valence-electron chi connectivity index (χ3n) is 8.41. The number of carboxylic acid groups (broad SMARTS) is 1. The molecule has 1 aliphatic rings. The van der Waals surface area contributed by atoms with E-state index in [0.717, 1.165) is 6.07 Å². The van der Waals surface area contributed by atoms with Crippen LogP contribution in [0.15, 0.2) is 46.7 Å². The monoisotopic (exact) mass is 714 g/mol. The second kappa shape index (κ2) is 13.6. The van der Waals surface area contributed by atoms with Gasteiger partial charge in [-0.3, -0.25) is 19.2 Å². The molecule has 16 heteroatoms. The maximum Gasteiger partial charge on any atom is 0.418 e. The summed E-state index contributed by atoms with van der Waals surface area (Å²) in [6.07, 6.45) is -3.35. The summed E-state index contributed by atoms with van der Waals surface area (Å²) in [5.74, 6) is -0.609. The van der Waals surface area contributed by atoms with Crippen molar-refractivity contribution in [3.8, 4) is 22.9 Å². The van der Waals surface area contributed by atoms with Gasteiger partial charge in [-0.2, -0.15) is 18.4 Å². The molecule has 0 spiro atoms. The zero-order valence-corrected chi connectivity index (χ0v) is 27.4. The Morgan fingerprint density at radius 1 is 1.14 bits per heavy atom. The van der Waals surface area contributed by atoms with Gasteiger partial charge in [-0.1, -0.05) is 11.6 Å². The molecule has 1 N–H and O–H groups in total. The van der Waals surface area contributed by atoms with Gasteiger partial charge in [0.1, 0.15) is 30.9 Å². The van der Waals surface area contributed by atoms with Crippen LogP contribution in [0, 0.1) is 18.3 Å². The summed E-state index contributed by atoms with van der Waals surface area (Å²) in [4.78, 5) is 37.4. The number of carboxylic acids is 1. The van der Waals surface area contributed by atoms with E-state index in [1.807, 2.05) is 6.07 Å². The van der Waals surface area contributed by atoms with Gasteiger partial charge >= 0.3 is 12.1 Å². The first-order valence-electron chi connectivity index (χ1n) is 15.0. The number of benzene rings is 2. The van der Waals surface area contributed by atoms with Crippen LogP contribution in [0.5, 0.6) is 5.75 Å². The van der Waals surface area contributed by atoms with E-state index in [9.17, 15) is 37.5 Å². The number of pyridine rings is 1. The molecule has 10 nitrogen and oxygen atoms in total. The third-order valence-corrected chi connectivity index (χ3v) is 9.64. The number of carbonyl (C=O) groups is 1. The van der Waals surface area contributed by atoms with Crippen molar-refractivity contribution in [2.75, 3.05) is 50.9 Å². The molecular weight excluding hydrogens is 688 g/mol. The molecule has 0 saturated carbocycles. The summed E-state index contributed by atoms with van der Waals surface area (Å²) >= 11 is 7.54. The number of hydrogen-bond donors (Lipinski definition) is 1. The molecule has 0 amide bonds. The summed E-state index contributed by atoms with van der Waals surface area (Å²) in [5.41, 5.74) is -1.25. The fraction of sp³-hybridized carbons (Fsp3) is 0.303. The molecule has 49 heavy (non-hydrogen) atoms. The van der Waals surface area contributed by atoms with E-state index in [1.54, 1.807) is 29.2 Å². The Morgan fingerprint density at radius 3 is 2.57 bits per heavy atom. The highest BCUT2D eigenvalue weighted by Crippen LogP contribution is 2.42. The quantitative estimate of drug-likeness (QED) is 0.173. The second-order valence-electron chi connectivity index (χ2n) is 11.3. The number of nitrogens with zero attached hydrogens (tertiary/aromatic N) is 6. The maximum absolute atomic E-state index is 14.4. The molecule has 0 bridgehead atoms. The van der Waals surface area contributed by atoms with Gasteiger partial charge in [0.25, 0.3) is 5.56 Å². The molecule has 1 saturated heterocycles. The largest absolute Gasteiger partial charge is 0.491 e. The Hall–Kier alpha value is -4.78. The van der Waals surface area contributed by atoms with Crippen LogP contribution in [-0.4, -0.2) is 76.5 Å². The number of halogens is 5. The predicted molar refractivity (Wildman–Crippen MR) is 178 cm³/mol. The lowest BCUT2D eigenvalue weighted by Gasteiger charge is -2.37. The highest BCUT2D eigenvalue weighted by Gasteiger charge is 2.39. The number of aryl methyl sites for hydroxylation is 1. The standard InChI is InChI=1S/C33H27ClF4N6O4S/c1-18-41-25-15-24(33(36,37)38)29(43-10-8-42(7-5-35)9-11-43)22(16-39)27(25)31(45)44(18)12-13-48-26-3-2-19(34)14-21(26)20-4-6-40-28-23(32(46)47)17-49-30(20)28/h2-4,6,14-15,17H,5,7-13H2,1H3,(H,46,47). The lowest BCUT2D eigenvalue weighted by molar-refractivity contribution is -0.137. The Kier molecular flexibility index (Phi) is 9.47. The summed E-state index contributed by atoms with van der Waals surface area (Å²) in [7, 11) is 0. The second-order valence-corrected chi connectivity index (χ2v) is 12.6. The molecule has 0 aliphatic carbocycles. The van der Waals surface area contributed by atoms with E-state index in [-0.39, 0.29) is 60.8 Å². The highest BCUT2D eigenvalue weighted by atomic mass is 35.5. The lowest BCUT2D eigenvalue weighted by Crippen LogP contribution is -2.47. The lowest BCUT2D eigenvalue weighted by atomic mass is 10.00. The van der Waals surface area contributed by atoms with Crippen molar-refractivity contribution >= 4 is 55.7 Å². The number of nitriles is 1. The van der Waals surface area contributed by atoms with Gasteiger partial charge in [0.2, 0.25) is 0 Å². The minimum absolute atomic E-state index is 0.0614. The normalized spacial score (nSPS) is 14.0. The van der Waals surface area contributed by atoms with Gasteiger partial charge in [0.05, 0.1) is 50.0 Å². The van der Waals surface area contributed by atoms with E-state index in [2.05, 4.69) is 9.97 Å². The number of thiophene rings is 1. The van der Waals surface area contributed by atoms with Crippen molar-refractivity contribution in [1.29, 1.82) is 5.26 Å². The molecule has 5 aromatic rings. The summed E-state index contributed by atoms with van der Waals surface area (Å²) < 4.78 is 64.0. The van der Waals surface area contributed by atoms with Gasteiger partial charge in [0.15, 0.2) is 0 Å². The number of hydrogen-bond acceptors (Lipinski definition) is 9. The zero-order valence-electron chi connectivity index (χ0n) is 25.9. The number of rotatable bonds is 9. The van der Waals surface area contributed by atoms with Gasteiger partial charge in [-0.25, -0.2) is 14.2 Å². The highest BCUT2D eigenvalue weighted by molar-refractivity contribution is 7.18. The maximum atomic E-state index is 14.4. The van der Waals surface area contributed by atoms with Crippen LogP contribution in [-0.2, 0) is 12.7 Å². The minimum atomic E-state index is -4.83. The molecule has 0 unspecified atom stereocenters. The van der Waals surface area contributed by atoms with Crippen molar-refractivity contribution in [3.05, 3.63) is 79.8 Å². The van der Waals surface area contributed by atoms with Crippen molar-refractivity contribution in [3.63, 3.8) is 0 Å². The van der Waals surface area contributed by atoms with Crippen molar-refractivity contribution < 1.29 is 32.2 Å². The van der Waals surface area contributed by atoms with Crippen molar-refractivity contribution in [2.24, 2.45) is 0 Å². The first kappa shape index (κ1) is 34.1. The van der Waals surface area contributed by atoms with E-state index in [4.69, 9.17) is 16.3 Å². The average molecular weight is 715 g/mol. The summed E-state index contributed by atoms with van der Waals surface area (Å²) in [6.45, 7) is 1.73. The molecule has 1 fully saturated rings. The molecule has 1 aliphatic heterocycles. The Labute approximate surface area is 285 Å². The van der Waals surface area contributed by atoms with E-state index in [1.165, 1.54) is 39.3 Å². The van der Waals surface area contributed by atoms with Crippen LogP contribution in [0.1, 0.15) is 27.3 Å². The first-order chi connectivity index (χ1) is 23.4. The molecule has 4 heterocycles. The van der Waals surface area contributed by atoms with Gasteiger partial charge in [0, 0.05) is 60.5 Å². The predicted octanol–water partition coefficient (Wildman–Crippen LogP) is 6.39. The topological polar surface area (TPSA) is 125 Å². The molecule has 6 rings (SSSR count). The Morgan fingerprint density at radius 2 is 1.90 bits per heavy atom. The van der Waals surface area contributed by atoms with Gasteiger partial charge in [-0.15, -0.1) is 11.3 Å². The van der Waals surface area contributed by atoms with E-state index < -0.39 is 35.5 Å². The number of aromatic nitrogens is 3. The third kappa shape index (κ3) is 6.51. The van der Waals surface area contributed by atoms with Gasteiger partial charge in [-0.05, 0) is 37.3 Å². The zero-order chi connectivity index (χ0) is 35.0. The number of alkyl halides is 4. The molecule has 2 aromatic carbocycles. The number of aromatic carboxylic acids is 1. The van der Waals surface area contributed by atoms with E-state index in [0.29, 0.717) is 45.2 Å². The number of anilines is 1. The van der Waals surface area contributed by atoms with Gasteiger partial charge < -0.3 is 14.7 Å². The van der Waals surface area contributed by atoms with Crippen LogP contribution in [0.25, 0.3) is 32.2 Å². The van der Waals surface area contributed by atoms with Crippen LogP contribution >= 0.6 is 22.9 Å². The first-order valence-corrected chi connectivity index (χ1v) is 16.3. The fourth-order valence-corrected chi connectivity index (χ4v) is 7.29. The Balaban J connectivity index is 1.36. The van der Waals surface area contributed by atoms with Crippen LogP contribution in [0.4, 0.5) is 23.2 Å². The van der Waals surface area contributed by atoms with Crippen LogP contribution in [0.2, 0.25) is 5.02 Å². The molecule has 0 radical (unpaired) electrons.